The van der Waals surface area contributed by atoms with Crippen LogP contribution in [-0.4, -0.2) is 20.4 Å². The summed E-state index contributed by atoms with van der Waals surface area (Å²) in [6.45, 7) is 4.22. The van der Waals surface area contributed by atoms with Crippen molar-refractivity contribution in [2.45, 2.75) is 44.2 Å². The van der Waals surface area contributed by atoms with Gasteiger partial charge in [-0.15, -0.1) is 0 Å². The Morgan fingerprint density at radius 1 is 1.00 bits per heavy atom. The number of hydrogen-bond acceptors (Lipinski definition) is 3. The second-order valence-corrected chi connectivity index (χ2v) is 9.65. The molecule has 1 atom stereocenters. The number of fused-ring (bicyclic) bond motifs is 1. The van der Waals surface area contributed by atoms with E-state index in [1.54, 1.807) is 12.1 Å². The number of amides is 1. The van der Waals surface area contributed by atoms with Crippen LogP contribution in [0.15, 0.2) is 77.7 Å². The van der Waals surface area contributed by atoms with Crippen molar-refractivity contribution in [3.63, 3.8) is 0 Å². The molecule has 1 heterocycles. The molecule has 0 spiro atoms. The van der Waals surface area contributed by atoms with Gasteiger partial charge in [-0.25, -0.2) is 13.1 Å². The number of sulfonamides is 1. The van der Waals surface area contributed by atoms with Gasteiger partial charge in [0, 0.05) is 23.8 Å². The summed E-state index contributed by atoms with van der Waals surface area (Å²) in [4.78, 5) is 15.2. The van der Waals surface area contributed by atoms with Crippen LogP contribution in [0.4, 0.5) is 5.69 Å². The van der Waals surface area contributed by atoms with Gasteiger partial charge >= 0.3 is 0 Å². The SMILES string of the molecule is CCc1ccc(S(=O)(=O)NCc2ccc3c(c2)N(C(=O)c2ccccc2)C(C)C3)cc1. The highest BCUT2D eigenvalue weighted by molar-refractivity contribution is 7.89. The predicted molar refractivity (Wildman–Crippen MR) is 123 cm³/mol. The summed E-state index contributed by atoms with van der Waals surface area (Å²) >= 11 is 0. The molecule has 0 radical (unpaired) electrons. The molecule has 3 aromatic carbocycles. The molecular weight excluding hydrogens is 408 g/mol. The van der Waals surface area contributed by atoms with Gasteiger partial charge in [-0.1, -0.05) is 49.4 Å². The standard InChI is InChI=1S/C25H26N2O3S/c1-3-19-10-13-23(14-11-19)31(29,30)26-17-20-9-12-22-15-18(2)27(24(22)16-20)25(28)21-7-5-4-6-8-21/h4-14,16,18,26H,3,15,17H2,1-2H3. The Balaban J connectivity index is 1.54. The lowest BCUT2D eigenvalue weighted by Gasteiger charge is -2.23. The molecule has 0 aromatic heterocycles. The molecule has 1 aliphatic heterocycles. The number of benzene rings is 3. The summed E-state index contributed by atoms with van der Waals surface area (Å²) in [7, 11) is -3.61. The first-order valence-electron chi connectivity index (χ1n) is 10.5. The van der Waals surface area contributed by atoms with E-state index in [9.17, 15) is 13.2 Å². The molecule has 4 rings (SSSR count). The van der Waals surface area contributed by atoms with Crippen LogP contribution in [-0.2, 0) is 29.4 Å². The summed E-state index contributed by atoms with van der Waals surface area (Å²) in [5, 5.41) is 0. The average molecular weight is 435 g/mol. The van der Waals surface area contributed by atoms with E-state index in [2.05, 4.69) is 4.72 Å². The number of anilines is 1. The van der Waals surface area contributed by atoms with Gasteiger partial charge in [0.25, 0.3) is 5.91 Å². The van der Waals surface area contributed by atoms with Crippen LogP contribution in [0.25, 0.3) is 0 Å². The fraction of sp³-hybridized carbons (Fsp3) is 0.240. The summed E-state index contributed by atoms with van der Waals surface area (Å²) in [6.07, 6.45) is 1.64. The highest BCUT2D eigenvalue weighted by Gasteiger charge is 2.31. The summed E-state index contributed by atoms with van der Waals surface area (Å²) < 4.78 is 28.0. The maximum absolute atomic E-state index is 13.1. The lowest BCUT2D eigenvalue weighted by atomic mass is 10.1. The largest absolute Gasteiger partial charge is 0.305 e. The Bertz CT molecular complexity index is 1190. The molecule has 1 amide bonds. The molecule has 0 saturated carbocycles. The van der Waals surface area contributed by atoms with E-state index >= 15 is 0 Å². The van der Waals surface area contributed by atoms with E-state index < -0.39 is 10.0 Å². The van der Waals surface area contributed by atoms with Gasteiger partial charge in [0.05, 0.1) is 4.90 Å². The van der Waals surface area contributed by atoms with Crippen molar-refractivity contribution in [2.24, 2.45) is 0 Å². The Hall–Kier alpha value is -2.96. The summed E-state index contributed by atoms with van der Waals surface area (Å²) in [6, 6.07) is 22.0. The average Bonchev–Trinajstić information content (AvgIpc) is 3.12. The molecule has 0 fully saturated rings. The minimum Gasteiger partial charge on any atom is -0.305 e. The molecule has 160 valence electrons. The highest BCUT2D eigenvalue weighted by Crippen LogP contribution is 2.34. The third-order valence-electron chi connectivity index (χ3n) is 5.71. The number of hydrogen-bond donors (Lipinski definition) is 1. The number of carbonyl (C=O) groups is 1. The monoisotopic (exact) mass is 434 g/mol. The van der Waals surface area contributed by atoms with Crippen molar-refractivity contribution >= 4 is 21.6 Å². The van der Waals surface area contributed by atoms with Crippen LogP contribution < -0.4 is 9.62 Å². The highest BCUT2D eigenvalue weighted by atomic mass is 32.2. The summed E-state index contributed by atoms with van der Waals surface area (Å²) in [5.41, 5.74) is 4.50. The Kier molecular flexibility index (Phi) is 5.94. The minimum absolute atomic E-state index is 0.0411. The van der Waals surface area contributed by atoms with Crippen molar-refractivity contribution in [3.8, 4) is 0 Å². The zero-order chi connectivity index (χ0) is 22.0. The van der Waals surface area contributed by atoms with Crippen LogP contribution in [0.3, 0.4) is 0 Å². The normalized spacial score (nSPS) is 15.7. The Morgan fingerprint density at radius 3 is 2.35 bits per heavy atom. The number of rotatable bonds is 6. The molecule has 1 aliphatic rings. The van der Waals surface area contributed by atoms with Gasteiger partial charge in [-0.2, -0.15) is 0 Å². The Labute approximate surface area is 183 Å². The topological polar surface area (TPSA) is 66.5 Å². The van der Waals surface area contributed by atoms with E-state index in [0.717, 1.165) is 35.2 Å². The van der Waals surface area contributed by atoms with Crippen LogP contribution in [0.2, 0.25) is 0 Å². The van der Waals surface area contributed by atoms with Crippen LogP contribution >= 0.6 is 0 Å². The summed E-state index contributed by atoms with van der Waals surface area (Å²) in [5.74, 6) is -0.0411. The quantitative estimate of drug-likeness (QED) is 0.628. The van der Waals surface area contributed by atoms with Crippen molar-refractivity contribution in [2.75, 3.05) is 4.90 Å². The van der Waals surface area contributed by atoms with Crippen LogP contribution in [0.5, 0.6) is 0 Å². The molecule has 31 heavy (non-hydrogen) atoms. The van der Waals surface area contributed by atoms with E-state index in [1.165, 1.54) is 0 Å². The second kappa shape index (κ2) is 8.65. The van der Waals surface area contributed by atoms with E-state index in [1.807, 2.05) is 79.4 Å². The predicted octanol–water partition coefficient (Wildman–Crippen LogP) is 4.32. The third kappa shape index (κ3) is 4.40. The number of carbonyl (C=O) groups excluding carboxylic acids is 1. The first kappa shape index (κ1) is 21.3. The second-order valence-electron chi connectivity index (χ2n) is 7.88. The van der Waals surface area contributed by atoms with Gasteiger partial charge in [-0.3, -0.25) is 4.79 Å². The molecule has 1 unspecified atom stereocenters. The molecule has 0 aliphatic carbocycles. The fourth-order valence-electron chi connectivity index (χ4n) is 3.96. The fourth-order valence-corrected chi connectivity index (χ4v) is 4.98. The zero-order valence-corrected chi connectivity index (χ0v) is 18.5. The molecule has 0 bridgehead atoms. The van der Waals surface area contributed by atoms with Crippen LogP contribution in [0.1, 0.15) is 40.9 Å². The van der Waals surface area contributed by atoms with Crippen molar-refractivity contribution in [1.82, 2.24) is 4.72 Å². The maximum Gasteiger partial charge on any atom is 0.258 e. The third-order valence-corrected chi connectivity index (χ3v) is 7.13. The molecule has 6 heteroatoms. The van der Waals surface area contributed by atoms with Crippen molar-refractivity contribution < 1.29 is 13.2 Å². The molecule has 5 nitrogen and oxygen atoms in total. The first-order chi connectivity index (χ1) is 14.9. The van der Waals surface area contributed by atoms with E-state index in [0.29, 0.717) is 5.56 Å². The smallest absolute Gasteiger partial charge is 0.258 e. The van der Waals surface area contributed by atoms with Gasteiger partial charge < -0.3 is 4.90 Å². The number of nitrogens with one attached hydrogen (secondary N) is 1. The lowest BCUT2D eigenvalue weighted by Crippen LogP contribution is -2.35. The van der Waals surface area contributed by atoms with Gasteiger partial charge in [0.1, 0.15) is 0 Å². The van der Waals surface area contributed by atoms with Gasteiger partial charge in [0.15, 0.2) is 0 Å². The van der Waals surface area contributed by atoms with Crippen molar-refractivity contribution in [3.05, 3.63) is 95.1 Å². The lowest BCUT2D eigenvalue weighted by molar-refractivity contribution is 0.0981. The van der Waals surface area contributed by atoms with Gasteiger partial charge in [0.2, 0.25) is 10.0 Å². The molecular formula is C25H26N2O3S. The number of nitrogens with zero attached hydrogens (tertiary/aromatic N) is 1. The molecule has 3 aromatic rings. The van der Waals surface area contributed by atoms with E-state index in [-0.39, 0.29) is 23.4 Å². The molecule has 0 saturated heterocycles. The molecule has 1 N–H and O–H groups in total. The van der Waals surface area contributed by atoms with Gasteiger partial charge in [-0.05, 0) is 66.8 Å². The first-order valence-corrected chi connectivity index (χ1v) is 12.0. The van der Waals surface area contributed by atoms with Crippen LogP contribution in [0, 0.1) is 0 Å². The zero-order valence-electron chi connectivity index (χ0n) is 17.7. The van der Waals surface area contributed by atoms with E-state index in [4.69, 9.17) is 0 Å². The maximum atomic E-state index is 13.1. The number of aryl methyl sites for hydroxylation is 1. The van der Waals surface area contributed by atoms with Crippen molar-refractivity contribution in [1.29, 1.82) is 0 Å². The minimum atomic E-state index is -3.61. The Morgan fingerprint density at radius 2 is 1.68 bits per heavy atom.